The van der Waals surface area contributed by atoms with Crippen LogP contribution in [-0.2, 0) is 31.6 Å². The number of alkyl halides is 1. The van der Waals surface area contributed by atoms with Crippen LogP contribution in [0.25, 0.3) is 11.2 Å². The first-order chi connectivity index (χ1) is 15.8. The number of anilines is 1. The minimum absolute atomic E-state index is 0.244. The third-order valence-corrected chi connectivity index (χ3v) is 8.50. The Morgan fingerprint density at radius 2 is 1.89 bits per heavy atom. The van der Waals surface area contributed by atoms with Gasteiger partial charge in [0.2, 0.25) is 5.95 Å². The number of rotatable bonds is 9. The van der Waals surface area contributed by atoms with Crippen molar-refractivity contribution in [2.24, 2.45) is 0 Å². The molecule has 3 heterocycles. The lowest BCUT2D eigenvalue weighted by Gasteiger charge is -2.31. The first kappa shape index (κ1) is 27.9. The maximum Gasteiger partial charge on any atom is 0.490 e. The van der Waals surface area contributed by atoms with Crippen molar-refractivity contribution in [3.05, 3.63) is 16.7 Å². The number of imidazole rings is 1. The number of nitrogen functional groups attached to an aromatic ring is 1. The Morgan fingerprint density at radius 3 is 2.46 bits per heavy atom. The van der Waals surface area contributed by atoms with Gasteiger partial charge in [-0.15, -0.1) is 0 Å². The molecule has 1 aliphatic rings. The van der Waals surface area contributed by atoms with Crippen molar-refractivity contribution in [1.82, 2.24) is 19.5 Å². The molecule has 0 bridgehead atoms. The molecule has 0 aromatic carbocycles. The topological polar surface area (TPSA) is 299 Å². The molecule has 19 nitrogen and oxygen atoms in total. The van der Waals surface area contributed by atoms with Crippen LogP contribution in [-0.4, -0.2) is 79.9 Å². The number of hydrogen-bond donors (Lipinski definition) is 8. The van der Waals surface area contributed by atoms with Gasteiger partial charge < -0.3 is 40.3 Å². The molecule has 23 heteroatoms. The number of halogens is 1. The molecule has 9 N–H and O–H groups in total. The quantitative estimate of drug-likeness (QED) is 0.158. The van der Waals surface area contributed by atoms with Crippen LogP contribution in [0.2, 0.25) is 0 Å². The zero-order valence-electron chi connectivity index (χ0n) is 17.2. The summed E-state index contributed by atoms with van der Waals surface area (Å²) in [6.45, 7) is -2.11. The average Bonchev–Trinajstić information content (AvgIpc) is 3.16. The highest BCUT2D eigenvalue weighted by Gasteiger charge is 2.63. The summed E-state index contributed by atoms with van der Waals surface area (Å²) in [6, 6.07) is 0. The fourth-order valence-electron chi connectivity index (χ4n) is 3.28. The van der Waals surface area contributed by atoms with E-state index in [9.17, 15) is 42.9 Å². The van der Waals surface area contributed by atoms with Gasteiger partial charge in [-0.1, -0.05) is 0 Å². The standard InChI is InChI=1S/C12H19FN5O14P3/c1-11(21)8(20)12(2-13,3-29-34(25,26)32-35(27,28)31-33(22,23)24)30-9(11)18-4-15-5-6(18)16-10(14)17-7(5)19/h4,8-9,20-21H,2-3H2,1H3,(H,25,26)(H,27,28)(H2,22,23,24)(H3,14,16,17,19)/t8?,9-,11-,12-/m1/s1. The summed E-state index contributed by atoms with van der Waals surface area (Å²) in [6.07, 6.45) is -3.00. The zero-order chi connectivity index (χ0) is 26.6. The highest BCUT2D eigenvalue weighted by molar-refractivity contribution is 7.66. The Bertz CT molecular complexity index is 1330. The number of ether oxygens (including phenoxy) is 1. The number of nitrogens with zero attached hydrogens (tertiary/aromatic N) is 3. The van der Waals surface area contributed by atoms with Gasteiger partial charge in [0.25, 0.3) is 5.56 Å². The van der Waals surface area contributed by atoms with Crippen molar-refractivity contribution < 1.29 is 65.8 Å². The number of aromatic nitrogens is 4. The summed E-state index contributed by atoms with van der Waals surface area (Å²) in [4.78, 5) is 57.7. The fraction of sp³-hybridized carbons (Fsp3) is 0.583. The zero-order valence-corrected chi connectivity index (χ0v) is 19.9. The summed E-state index contributed by atoms with van der Waals surface area (Å²) in [5.74, 6) is -0.355. The Hall–Kier alpha value is -1.63. The van der Waals surface area contributed by atoms with Crippen molar-refractivity contribution in [1.29, 1.82) is 0 Å². The molecule has 1 aliphatic heterocycles. The lowest BCUT2D eigenvalue weighted by molar-refractivity contribution is -0.135. The number of aromatic amines is 1. The third-order valence-electron chi connectivity index (χ3n) is 4.72. The van der Waals surface area contributed by atoms with Crippen molar-refractivity contribution in [2.75, 3.05) is 19.0 Å². The monoisotopic (exact) mass is 569 g/mol. The average molecular weight is 569 g/mol. The van der Waals surface area contributed by atoms with E-state index in [2.05, 4.69) is 28.1 Å². The molecule has 2 aromatic heterocycles. The van der Waals surface area contributed by atoms with Gasteiger partial charge in [-0.2, -0.15) is 13.6 Å². The first-order valence-electron chi connectivity index (χ1n) is 8.97. The minimum Gasteiger partial charge on any atom is -0.387 e. The van der Waals surface area contributed by atoms with Gasteiger partial charge in [0.1, 0.15) is 18.4 Å². The largest absolute Gasteiger partial charge is 0.490 e. The van der Waals surface area contributed by atoms with Crippen molar-refractivity contribution in [3.8, 4) is 0 Å². The molecule has 1 saturated heterocycles. The second kappa shape index (κ2) is 9.04. The van der Waals surface area contributed by atoms with Crippen LogP contribution in [0.15, 0.2) is 11.1 Å². The van der Waals surface area contributed by atoms with Crippen LogP contribution in [0.3, 0.4) is 0 Å². The number of nitrogens with two attached hydrogens (primary N) is 1. The highest BCUT2D eigenvalue weighted by atomic mass is 31.3. The molecule has 3 rings (SSSR count). The van der Waals surface area contributed by atoms with E-state index in [0.717, 1.165) is 17.8 Å². The summed E-state index contributed by atoms with van der Waals surface area (Å²) in [5, 5.41) is 21.5. The molecule has 0 amide bonds. The number of phosphoric acid groups is 3. The molecule has 2 aromatic rings. The van der Waals surface area contributed by atoms with E-state index < -0.39 is 65.8 Å². The van der Waals surface area contributed by atoms with Crippen LogP contribution in [0.4, 0.5) is 10.3 Å². The second-order valence-electron chi connectivity index (χ2n) is 7.44. The van der Waals surface area contributed by atoms with Gasteiger partial charge in [0.15, 0.2) is 23.0 Å². The number of fused-ring (bicyclic) bond motifs is 1. The number of aliphatic hydroxyl groups is 2. The number of nitrogens with one attached hydrogen (secondary N) is 1. The SMILES string of the molecule is C[C@@]1(O)C(O)[C@@](CF)(COP(=O)(O)OP(=O)(O)OP(=O)(O)O)O[C@H]1n1cnc2c(=O)[nH]c(N)nc21. The van der Waals surface area contributed by atoms with E-state index in [1.165, 1.54) is 0 Å². The summed E-state index contributed by atoms with van der Waals surface area (Å²) >= 11 is 0. The van der Waals surface area contributed by atoms with E-state index in [1.54, 1.807) is 0 Å². The van der Waals surface area contributed by atoms with Gasteiger partial charge >= 0.3 is 23.5 Å². The third kappa shape index (κ3) is 5.70. The van der Waals surface area contributed by atoms with Gasteiger partial charge in [-0.3, -0.25) is 18.9 Å². The Balaban J connectivity index is 1.89. The fourth-order valence-corrected chi connectivity index (χ4v) is 6.35. The van der Waals surface area contributed by atoms with E-state index >= 15 is 0 Å². The first-order valence-corrected chi connectivity index (χ1v) is 13.5. The normalized spacial score (nSPS) is 30.9. The molecular weight excluding hydrogens is 550 g/mol. The predicted octanol–water partition coefficient (Wildman–Crippen LogP) is -1.61. The molecule has 35 heavy (non-hydrogen) atoms. The molecule has 0 radical (unpaired) electrons. The summed E-state index contributed by atoms with van der Waals surface area (Å²) in [7, 11) is -17.2. The van der Waals surface area contributed by atoms with Crippen LogP contribution >= 0.6 is 23.5 Å². The molecule has 0 saturated carbocycles. The van der Waals surface area contributed by atoms with E-state index in [1.807, 2.05) is 0 Å². The van der Waals surface area contributed by atoms with Gasteiger partial charge in [0, 0.05) is 0 Å². The van der Waals surface area contributed by atoms with Crippen molar-refractivity contribution in [2.45, 2.75) is 30.5 Å². The lowest BCUT2D eigenvalue weighted by Crippen LogP contribution is -2.53. The van der Waals surface area contributed by atoms with Crippen LogP contribution < -0.4 is 11.3 Å². The van der Waals surface area contributed by atoms with Gasteiger partial charge in [-0.25, -0.2) is 23.1 Å². The Morgan fingerprint density at radius 1 is 1.26 bits per heavy atom. The maximum atomic E-state index is 14.1. The van der Waals surface area contributed by atoms with Crippen LogP contribution in [0, 0.1) is 0 Å². The molecule has 6 atom stereocenters. The van der Waals surface area contributed by atoms with E-state index in [4.69, 9.17) is 20.3 Å². The van der Waals surface area contributed by atoms with Crippen molar-refractivity contribution >= 4 is 40.6 Å². The molecule has 3 unspecified atom stereocenters. The maximum absolute atomic E-state index is 14.1. The minimum atomic E-state index is -5.87. The number of hydrogen-bond acceptors (Lipinski definition) is 13. The van der Waals surface area contributed by atoms with Gasteiger partial charge in [0.05, 0.1) is 12.9 Å². The van der Waals surface area contributed by atoms with Crippen LogP contribution in [0.5, 0.6) is 0 Å². The number of H-pyrrole nitrogens is 1. The van der Waals surface area contributed by atoms with Crippen molar-refractivity contribution in [3.63, 3.8) is 0 Å². The molecule has 1 fully saturated rings. The Kier molecular flexibility index (Phi) is 7.22. The Labute approximate surface area is 192 Å². The second-order valence-corrected chi connectivity index (χ2v) is 11.9. The summed E-state index contributed by atoms with van der Waals surface area (Å²) in [5.41, 5.74) is -0.797. The molecule has 198 valence electrons. The smallest absolute Gasteiger partial charge is 0.387 e. The predicted molar refractivity (Wildman–Crippen MR) is 108 cm³/mol. The van der Waals surface area contributed by atoms with Crippen LogP contribution in [0.1, 0.15) is 13.2 Å². The molecular formula is C12H19FN5O14P3. The molecule has 0 aliphatic carbocycles. The number of aliphatic hydroxyl groups excluding tert-OH is 1. The lowest BCUT2D eigenvalue weighted by atomic mass is 9.88. The molecule has 0 spiro atoms. The highest BCUT2D eigenvalue weighted by Crippen LogP contribution is 2.66. The van der Waals surface area contributed by atoms with Gasteiger partial charge in [-0.05, 0) is 6.92 Å². The summed E-state index contributed by atoms with van der Waals surface area (Å²) < 4.78 is 66.1. The van der Waals surface area contributed by atoms with E-state index in [0.29, 0.717) is 0 Å². The number of phosphoric ester groups is 1. The van der Waals surface area contributed by atoms with E-state index in [-0.39, 0.29) is 17.1 Å².